The molecule has 0 aromatic carbocycles. The number of rotatable bonds is 12. The average Bonchev–Trinajstić information content (AvgIpc) is 2.39. The minimum absolute atomic E-state index is 0.335. The third-order valence-electron chi connectivity index (χ3n) is 2.56. The van der Waals surface area contributed by atoms with Gasteiger partial charge in [-0.05, 0) is 27.2 Å². The first kappa shape index (κ1) is 19.2. The Morgan fingerprint density at radius 3 is 1.63 bits per heavy atom. The zero-order valence-electron chi connectivity index (χ0n) is 12.6. The summed E-state index contributed by atoms with van der Waals surface area (Å²) in [6.45, 7) is 7.36. The molecule has 8 heteroatoms. The van der Waals surface area contributed by atoms with Crippen molar-refractivity contribution in [3.63, 3.8) is 0 Å². The molecule has 0 radical (unpaired) electrons. The fourth-order valence-electron chi connectivity index (χ4n) is 1.75. The summed E-state index contributed by atoms with van der Waals surface area (Å²) in [5, 5.41) is 0. The molecule has 0 atom stereocenters. The van der Waals surface area contributed by atoms with Gasteiger partial charge in [0, 0.05) is 40.1 Å². The van der Waals surface area contributed by atoms with Crippen LogP contribution in [0.5, 0.6) is 0 Å². The first-order chi connectivity index (χ1) is 9.01. The second kappa shape index (κ2) is 10.0. The molecule has 0 bridgehead atoms. The zero-order chi connectivity index (χ0) is 14.8. The monoisotopic (exact) mass is 314 g/mol. The van der Waals surface area contributed by atoms with E-state index >= 15 is 0 Å². The van der Waals surface area contributed by atoms with Gasteiger partial charge in [0.05, 0.1) is 6.16 Å². The highest BCUT2D eigenvalue weighted by Gasteiger charge is 2.40. The molecule has 19 heavy (non-hydrogen) atoms. The molecule has 0 N–H and O–H groups in total. The molecular weight excluding hydrogens is 287 g/mol. The van der Waals surface area contributed by atoms with Crippen LogP contribution in [0.15, 0.2) is 0 Å². The largest absolute Gasteiger partial charge is 0.500 e. The summed E-state index contributed by atoms with van der Waals surface area (Å²) in [7, 11) is -2.84. The van der Waals surface area contributed by atoms with Crippen LogP contribution < -0.4 is 0 Å². The lowest BCUT2D eigenvalue weighted by Gasteiger charge is -2.28. The quantitative estimate of drug-likeness (QED) is 0.408. The van der Waals surface area contributed by atoms with E-state index in [0.29, 0.717) is 38.4 Å². The minimum Gasteiger partial charge on any atom is -0.374 e. The van der Waals surface area contributed by atoms with Crippen molar-refractivity contribution >= 4 is 16.4 Å². The Kier molecular flexibility index (Phi) is 10.2. The molecule has 0 fully saturated rings. The van der Waals surface area contributed by atoms with Gasteiger partial charge in [0.15, 0.2) is 0 Å². The highest BCUT2D eigenvalue weighted by atomic mass is 31.2. The summed E-state index contributed by atoms with van der Waals surface area (Å²) in [6.07, 6.45) is 0.952. The molecule has 0 aromatic rings. The third kappa shape index (κ3) is 6.99. The molecule has 0 aliphatic heterocycles. The first-order valence-electron chi connectivity index (χ1n) is 6.63. The molecule has 0 aromatic heterocycles. The second-order valence-electron chi connectivity index (χ2n) is 3.79. The Hall–Kier alpha value is 0.247. The van der Waals surface area contributed by atoms with Gasteiger partial charge in [-0.3, -0.25) is 4.57 Å². The van der Waals surface area contributed by atoms with E-state index in [0.717, 1.165) is 0 Å². The Morgan fingerprint density at radius 1 is 0.895 bits per heavy atom. The van der Waals surface area contributed by atoms with Crippen LogP contribution in [0, 0.1) is 0 Å². The lowest BCUT2D eigenvalue weighted by atomic mass is 10.6. The van der Waals surface area contributed by atoms with Crippen LogP contribution in [-0.2, 0) is 26.9 Å². The van der Waals surface area contributed by atoms with Crippen LogP contribution in [0.4, 0.5) is 0 Å². The molecule has 116 valence electrons. The van der Waals surface area contributed by atoms with Gasteiger partial charge in [0.2, 0.25) is 0 Å². The molecule has 0 aliphatic carbocycles. The van der Waals surface area contributed by atoms with Crippen molar-refractivity contribution in [2.75, 3.05) is 40.2 Å². The maximum Gasteiger partial charge on any atom is 0.500 e. The standard InChI is InChI=1S/C11H27O6PSi/c1-6-15-19(16-7-2,17-8-3)11-9-10-18(12,13-4)14-5/h6-11H2,1-5H3. The van der Waals surface area contributed by atoms with Gasteiger partial charge in [-0.25, -0.2) is 0 Å². The fourth-order valence-corrected chi connectivity index (χ4v) is 5.72. The van der Waals surface area contributed by atoms with Crippen molar-refractivity contribution in [3.8, 4) is 0 Å². The second-order valence-corrected chi connectivity index (χ2v) is 8.92. The summed E-state index contributed by atoms with van der Waals surface area (Å²) >= 11 is 0. The highest BCUT2D eigenvalue weighted by Crippen LogP contribution is 2.47. The molecule has 0 rings (SSSR count). The van der Waals surface area contributed by atoms with Gasteiger partial charge in [-0.2, -0.15) is 0 Å². The van der Waals surface area contributed by atoms with E-state index in [4.69, 9.17) is 22.3 Å². The van der Waals surface area contributed by atoms with E-state index in [1.165, 1.54) is 14.2 Å². The third-order valence-corrected chi connectivity index (χ3v) is 7.69. The summed E-state index contributed by atoms with van der Waals surface area (Å²) < 4.78 is 38.9. The molecule has 0 spiro atoms. The van der Waals surface area contributed by atoms with E-state index in [2.05, 4.69) is 0 Å². The molecule has 6 nitrogen and oxygen atoms in total. The zero-order valence-corrected chi connectivity index (χ0v) is 14.5. The fraction of sp³-hybridized carbons (Fsp3) is 1.00. The topological polar surface area (TPSA) is 63.2 Å². The van der Waals surface area contributed by atoms with Crippen LogP contribution in [0.3, 0.4) is 0 Å². The van der Waals surface area contributed by atoms with E-state index in [9.17, 15) is 4.57 Å². The number of hydrogen-bond donors (Lipinski definition) is 0. The van der Waals surface area contributed by atoms with Crippen molar-refractivity contribution in [1.82, 2.24) is 0 Å². The van der Waals surface area contributed by atoms with Gasteiger partial charge < -0.3 is 22.3 Å². The average molecular weight is 314 g/mol. The maximum atomic E-state index is 12.0. The van der Waals surface area contributed by atoms with Crippen LogP contribution in [0.2, 0.25) is 6.04 Å². The molecule has 0 unspecified atom stereocenters. The van der Waals surface area contributed by atoms with Crippen LogP contribution in [0.25, 0.3) is 0 Å². The lowest BCUT2D eigenvalue weighted by Crippen LogP contribution is -2.46. The smallest absolute Gasteiger partial charge is 0.374 e. The Labute approximate surface area is 117 Å². The molecule has 0 saturated carbocycles. The minimum atomic E-state index is -2.97. The van der Waals surface area contributed by atoms with E-state index in [1.54, 1.807) is 0 Å². The van der Waals surface area contributed by atoms with Gasteiger partial charge >= 0.3 is 16.4 Å². The maximum absolute atomic E-state index is 12.0. The predicted octanol–water partition coefficient (Wildman–Crippen LogP) is 2.91. The highest BCUT2D eigenvalue weighted by molar-refractivity contribution is 7.53. The van der Waals surface area contributed by atoms with E-state index in [-0.39, 0.29) is 0 Å². The van der Waals surface area contributed by atoms with E-state index in [1.807, 2.05) is 20.8 Å². The van der Waals surface area contributed by atoms with Gasteiger partial charge in [-0.1, -0.05) is 0 Å². The molecule has 0 saturated heterocycles. The van der Waals surface area contributed by atoms with Gasteiger partial charge in [-0.15, -0.1) is 0 Å². The van der Waals surface area contributed by atoms with Gasteiger partial charge in [0.25, 0.3) is 0 Å². The number of hydrogen-bond acceptors (Lipinski definition) is 6. The summed E-state index contributed by atoms with van der Waals surface area (Å²) in [5.41, 5.74) is 0. The Balaban J connectivity index is 4.51. The van der Waals surface area contributed by atoms with Crippen molar-refractivity contribution in [2.24, 2.45) is 0 Å². The van der Waals surface area contributed by atoms with Crippen molar-refractivity contribution in [3.05, 3.63) is 0 Å². The molecule has 0 heterocycles. The van der Waals surface area contributed by atoms with Crippen molar-refractivity contribution < 1.29 is 26.9 Å². The van der Waals surface area contributed by atoms with E-state index < -0.39 is 16.4 Å². The molecular formula is C11H27O6PSi. The normalized spacial score (nSPS) is 12.9. The first-order valence-corrected chi connectivity index (χ1v) is 10.3. The summed E-state index contributed by atoms with van der Waals surface area (Å²) in [5.74, 6) is 0. The Bertz CT molecular complexity index is 251. The Morgan fingerprint density at radius 2 is 1.32 bits per heavy atom. The van der Waals surface area contributed by atoms with Gasteiger partial charge in [0.1, 0.15) is 0 Å². The van der Waals surface area contributed by atoms with Crippen LogP contribution in [0.1, 0.15) is 27.2 Å². The van der Waals surface area contributed by atoms with Crippen molar-refractivity contribution in [1.29, 1.82) is 0 Å². The van der Waals surface area contributed by atoms with Crippen LogP contribution >= 0.6 is 7.60 Å². The summed E-state index contributed by atoms with van der Waals surface area (Å²) in [4.78, 5) is 0. The van der Waals surface area contributed by atoms with Crippen LogP contribution in [-0.4, -0.2) is 49.0 Å². The SMILES string of the molecule is CCO[Si](CCCP(=O)(OC)OC)(OCC)OCC. The lowest BCUT2D eigenvalue weighted by molar-refractivity contribution is 0.0711. The predicted molar refractivity (Wildman–Crippen MR) is 76.5 cm³/mol. The molecule has 0 amide bonds. The van der Waals surface area contributed by atoms with Crippen molar-refractivity contribution in [2.45, 2.75) is 33.2 Å². The molecule has 0 aliphatic rings. The summed E-state index contributed by atoms with van der Waals surface area (Å²) in [6, 6.07) is 0.610.